The van der Waals surface area contributed by atoms with Crippen molar-refractivity contribution in [1.29, 1.82) is 0 Å². The van der Waals surface area contributed by atoms with Crippen LogP contribution in [0.15, 0.2) is 64.9 Å². The fourth-order valence-corrected chi connectivity index (χ4v) is 2.91. The van der Waals surface area contributed by atoms with E-state index in [9.17, 15) is 9.90 Å². The van der Waals surface area contributed by atoms with Crippen molar-refractivity contribution in [2.24, 2.45) is 4.99 Å². The molecule has 1 unspecified atom stereocenters. The second kappa shape index (κ2) is 7.89. The van der Waals surface area contributed by atoms with Crippen molar-refractivity contribution in [3.63, 3.8) is 0 Å². The van der Waals surface area contributed by atoms with E-state index in [1.54, 1.807) is 4.90 Å². The maximum atomic E-state index is 12.8. The van der Waals surface area contributed by atoms with Crippen LogP contribution >= 0.6 is 9.24 Å². The third-order valence-electron chi connectivity index (χ3n) is 3.66. The normalized spacial score (nSPS) is 18.1. The van der Waals surface area contributed by atoms with Crippen LogP contribution in [0.4, 0.5) is 11.4 Å². The summed E-state index contributed by atoms with van der Waals surface area (Å²) >= 11 is 0. The smallest absolute Gasteiger partial charge is 0.259 e. The molecule has 1 aliphatic heterocycles. The average Bonchev–Trinajstić information content (AvgIpc) is 2.84. The quantitative estimate of drug-likeness (QED) is 0.378. The van der Waals surface area contributed by atoms with Gasteiger partial charge < -0.3 is 10.0 Å². The van der Waals surface area contributed by atoms with Crippen molar-refractivity contribution in [2.75, 3.05) is 17.6 Å². The standard InChI is InChI=1S/C19H21N2O2P/c1-4-5-14-11-16(6-7-18(14)20-3)21-12-15(8-9-24)17(19(21)23)10-13(2)22/h4-8,10-11,22H,2-3,9,12,24H2,1H3/b5-4-,15-8-,17-10+. The Kier molecular flexibility index (Phi) is 5.88. The monoisotopic (exact) mass is 340 g/mol. The van der Waals surface area contributed by atoms with Crippen molar-refractivity contribution in [3.8, 4) is 0 Å². The molecule has 0 aliphatic carbocycles. The highest BCUT2D eigenvalue weighted by Crippen LogP contribution is 2.33. The van der Waals surface area contributed by atoms with Crippen LogP contribution < -0.4 is 4.90 Å². The minimum Gasteiger partial charge on any atom is -0.509 e. The predicted octanol–water partition coefficient (Wildman–Crippen LogP) is 4.20. The van der Waals surface area contributed by atoms with Crippen LogP contribution in [0.5, 0.6) is 0 Å². The molecule has 1 aromatic rings. The Morgan fingerprint density at radius 2 is 2.25 bits per heavy atom. The number of nitrogens with zero attached hydrogens (tertiary/aromatic N) is 2. The molecule has 1 heterocycles. The maximum Gasteiger partial charge on any atom is 0.259 e. The zero-order valence-corrected chi connectivity index (χ0v) is 14.9. The van der Waals surface area contributed by atoms with Crippen molar-refractivity contribution in [3.05, 3.63) is 65.5 Å². The minimum atomic E-state index is -0.152. The van der Waals surface area contributed by atoms with E-state index in [1.807, 2.05) is 43.4 Å². The summed E-state index contributed by atoms with van der Waals surface area (Å²) in [4.78, 5) is 18.4. The van der Waals surface area contributed by atoms with Crippen LogP contribution in [0, 0.1) is 0 Å². The van der Waals surface area contributed by atoms with Gasteiger partial charge in [0.05, 0.1) is 12.2 Å². The lowest BCUT2D eigenvalue weighted by molar-refractivity contribution is -0.114. The van der Waals surface area contributed by atoms with E-state index >= 15 is 0 Å². The number of carbonyl (C=O) groups excluding carboxylic acids is 1. The second-order valence-corrected chi connectivity index (χ2v) is 5.78. The number of hydrogen-bond acceptors (Lipinski definition) is 3. The predicted molar refractivity (Wildman–Crippen MR) is 105 cm³/mol. The third kappa shape index (κ3) is 3.72. The molecule has 1 amide bonds. The molecule has 24 heavy (non-hydrogen) atoms. The molecular formula is C19H21N2O2P. The molecule has 1 fully saturated rings. The first kappa shape index (κ1) is 17.9. The first-order chi connectivity index (χ1) is 11.5. The van der Waals surface area contributed by atoms with Gasteiger partial charge in [0.25, 0.3) is 5.91 Å². The molecule has 0 radical (unpaired) electrons. The molecule has 124 valence electrons. The molecule has 1 aliphatic rings. The molecule has 1 aromatic carbocycles. The number of carbonyl (C=O) groups is 1. The number of aliphatic imine (C=N–C) groups is 1. The highest BCUT2D eigenvalue weighted by molar-refractivity contribution is 7.16. The van der Waals surface area contributed by atoms with E-state index in [0.717, 1.165) is 28.7 Å². The van der Waals surface area contributed by atoms with Crippen LogP contribution in [-0.4, -0.2) is 30.4 Å². The van der Waals surface area contributed by atoms with Crippen LogP contribution in [0.25, 0.3) is 6.08 Å². The summed E-state index contributed by atoms with van der Waals surface area (Å²) in [6.07, 6.45) is 7.96. The Morgan fingerprint density at radius 3 is 2.83 bits per heavy atom. The van der Waals surface area contributed by atoms with Crippen molar-refractivity contribution < 1.29 is 9.90 Å². The molecule has 0 spiro atoms. The zero-order valence-electron chi connectivity index (χ0n) is 13.7. The summed E-state index contributed by atoms with van der Waals surface area (Å²) in [6, 6.07) is 5.61. The van der Waals surface area contributed by atoms with Gasteiger partial charge in [-0.15, -0.1) is 9.24 Å². The van der Waals surface area contributed by atoms with E-state index in [-0.39, 0.29) is 11.7 Å². The van der Waals surface area contributed by atoms with Gasteiger partial charge in [-0.05, 0) is 49.7 Å². The Hall–Kier alpha value is -2.45. The molecule has 2 rings (SSSR count). The molecule has 1 N–H and O–H groups in total. The van der Waals surface area contributed by atoms with Gasteiger partial charge in [0.2, 0.25) is 0 Å². The van der Waals surface area contributed by atoms with Crippen molar-refractivity contribution in [1.82, 2.24) is 0 Å². The zero-order chi connectivity index (χ0) is 17.7. The highest BCUT2D eigenvalue weighted by Gasteiger charge is 2.31. The van der Waals surface area contributed by atoms with Gasteiger partial charge in [-0.1, -0.05) is 24.8 Å². The van der Waals surface area contributed by atoms with Crippen LogP contribution in [0.1, 0.15) is 12.5 Å². The summed E-state index contributed by atoms with van der Waals surface area (Å²) < 4.78 is 0. The second-order valence-electron chi connectivity index (χ2n) is 5.31. The highest BCUT2D eigenvalue weighted by atomic mass is 31.0. The Labute approximate surface area is 144 Å². The lowest BCUT2D eigenvalue weighted by atomic mass is 10.1. The number of amides is 1. The third-order valence-corrected chi connectivity index (χ3v) is 3.90. The van der Waals surface area contributed by atoms with E-state index < -0.39 is 0 Å². The largest absolute Gasteiger partial charge is 0.509 e. The topological polar surface area (TPSA) is 52.9 Å². The molecule has 1 saturated heterocycles. The van der Waals surface area contributed by atoms with Crippen molar-refractivity contribution in [2.45, 2.75) is 6.92 Å². The number of aliphatic hydroxyl groups is 1. The first-order valence-corrected chi connectivity index (χ1v) is 8.37. The first-order valence-electron chi connectivity index (χ1n) is 7.56. The number of allylic oxidation sites excluding steroid dienone is 3. The minimum absolute atomic E-state index is 0.129. The number of rotatable bonds is 5. The summed E-state index contributed by atoms with van der Waals surface area (Å²) in [7, 11) is 2.61. The van der Waals surface area contributed by atoms with E-state index in [1.165, 1.54) is 6.08 Å². The molecule has 4 nitrogen and oxygen atoms in total. The summed E-state index contributed by atoms with van der Waals surface area (Å²) in [5.74, 6) is -0.281. The van der Waals surface area contributed by atoms with E-state index in [4.69, 9.17) is 0 Å². The van der Waals surface area contributed by atoms with Gasteiger partial charge in [0, 0.05) is 16.8 Å². The summed E-state index contributed by atoms with van der Waals surface area (Å²) in [6.45, 7) is 9.41. The van der Waals surface area contributed by atoms with Crippen molar-refractivity contribution >= 4 is 39.3 Å². The van der Waals surface area contributed by atoms with Crippen LogP contribution in [0.2, 0.25) is 0 Å². The molecule has 1 atom stereocenters. The van der Waals surface area contributed by atoms with Gasteiger partial charge in [-0.25, -0.2) is 0 Å². The maximum absolute atomic E-state index is 12.8. The van der Waals surface area contributed by atoms with Gasteiger partial charge in [-0.2, -0.15) is 0 Å². The molecular weight excluding hydrogens is 319 g/mol. The Morgan fingerprint density at radius 1 is 1.50 bits per heavy atom. The van der Waals surface area contributed by atoms with E-state index in [0.29, 0.717) is 12.1 Å². The lowest BCUT2D eigenvalue weighted by Gasteiger charge is -2.16. The number of benzene rings is 1. The molecule has 5 heteroatoms. The molecule has 0 aromatic heterocycles. The van der Waals surface area contributed by atoms with Gasteiger partial charge in [-0.3, -0.25) is 9.79 Å². The molecule has 0 saturated carbocycles. The average molecular weight is 340 g/mol. The van der Waals surface area contributed by atoms with Crippen LogP contribution in [-0.2, 0) is 4.79 Å². The summed E-state index contributed by atoms with van der Waals surface area (Å²) in [5, 5.41) is 9.45. The number of hydrogen-bond donors (Lipinski definition) is 1. The van der Waals surface area contributed by atoms with Gasteiger partial charge in [0.15, 0.2) is 0 Å². The summed E-state index contributed by atoms with van der Waals surface area (Å²) in [5.41, 5.74) is 3.80. The number of aliphatic hydroxyl groups excluding tert-OH is 1. The van der Waals surface area contributed by atoms with Gasteiger partial charge >= 0.3 is 0 Å². The lowest BCUT2D eigenvalue weighted by Crippen LogP contribution is -2.24. The Bertz CT molecular complexity index is 776. The SMILES string of the molecule is C=Nc1ccc(N2CC(=C/CP)/C(=C\C(=C)O)C2=O)cc1/C=C\C. The van der Waals surface area contributed by atoms with Crippen LogP contribution in [0.3, 0.4) is 0 Å². The number of anilines is 1. The van der Waals surface area contributed by atoms with Gasteiger partial charge in [0.1, 0.15) is 5.76 Å². The fourth-order valence-electron chi connectivity index (χ4n) is 2.62. The Balaban J connectivity index is 2.48. The molecule has 0 bridgehead atoms. The fraction of sp³-hybridized carbons (Fsp3) is 0.158. The van der Waals surface area contributed by atoms with E-state index in [2.05, 4.69) is 27.5 Å².